The van der Waals surface area contributed by atoms with Crippen molar-refractivity contribution in [3.05, 3.63) is 0 Å². The van der Waals surface area contributed by atoms with Gasteiger partial charge < -0.3 is 9.47 Å². The monoisotopic (exact) mass is 188 g/mol. The molecule has 0 rings (SSSR count). The van der Waals surface area contributed by atoms with E-state index >= 15 is 0 Å². The molecule has 0 radical (unpaired) electrons. The summed E-state index contributed by atoms with van der Waals surface area (Å²) >= 11 is 0. The van der Waals surface area contributed by atoms with E-state index in [1.54, 1.807) is 0 Å². The highest BCUT2D eigenvalue weighted by molar-refractivity contribution is 5.69. The summed E-state index contributed by atoms with van der Waals surface area (Å²) in [5.74, 6) is -0.162. The van der Waals surface area contributed by atoms with Crippen molar-refractivity contribution in [3.8, 4) is 0 Å². The molecule has 0 fully saturated rings. The molecule has 1 unspecified atom stereocenters. The molecule has 0 aliphatic carbocycles. The fraction of sp³-hybridized carbons (Fsp3) is 0.900. The lowest BCUT2D eigenvalue weighted by Crippen LogP contribution is -2.13. The third kappa shape index (κ3) is 7.78. The topological polar surface area (TPSA) is 35.5 Å². The second-order valence-corrected chi connectivity index (χ2v) is 3.12. The zero-order chi connectivity index (χ0) is 10.1. The van der Waals surface area contributed by atoms with Crippen molar-refractivity contribution < 1.29 is 14.3 Å². The molecule has 13 heavy (non-hydrogen) atoms. The van der Waals surface area contributed by atoms with Crippen molar-refractivity contribution in [1.82, 2.24) is 0 Å². The SMILES string of the molecule is CCCCC(=O)OCOC(C)CC. The van der Waals surface area contributed by atoms with Crippen LogP contribution >= 0.6 is 0 Å². The van der Waals surface area contributed by atoms with Gasteiger partial charge in [0.15, 0.2) is 6.79 Å². The number of hydrogen-bond donors (Lipinski definition) is 0. The molecular formula is C10H20O3. The first-order valence-electron chi connectivity index (χ1n) is 4.97. The van der Waals surface area contributed by atoms with Gasteiger partial charge in [-0.05, 0) is 19.8 Å². The predicted molar refractivity (Wildman–Crippen MR) is 51.3 cm³/mol. The molecule has 3 nitrogen and oxygen atoms in total. The predicted octanol–water partition coefficient (Wildman–Crippen LogP) is 2.49. The summed E-state index contributed by atoms with van der Waals surface area (Å²) in [6.07, 6.45) is 3.51. The van der Waals surface area contributed by atoms with Crippen LogP contribution in [0.4, 0.5) is 0 Å². The Balaban J connectivity index is 3.26. The number of esters is 1. The van der Waals surface area contributed by atoms with Gasteiger partial charge in [-0.3, -0.25) is 4.79 Å². The largest absolute Gasteiger partial charge is 0.438 e. The molecule has 0 amide bonds. The number of carbonyl (C=O) groups excluding carboxylic acids is 1. The highest BCUT2D eigenvalue weighted by Gasteiger charge is 2.03. The summed E-state index contributed by atoms with van der Waals surface area (Å²) in [4.78, 5) is 11.0. The maximum absolute atomic E-state index is 11.0. The lowest BCUT2D eigenvalue weighted by molar-refractivity contribution is -0.160. The molecule has 0 aromatic rings. The van der Waals surface area contributed by atoms with Crippen LogP contribution in [-0.4, -0.2) is 18.9 Å². The fourth-order valence-electron chi connectivity index (χ4n) is 0.727. The molecule has 1 atom stereocenters. The van der Waals surface area contributed by atoms with E-state index in [-0.39, 0.29) is 18.9 Å². The van der Waals surface area contributed by atoms with E-state index in [9.17, 15) is 4.79 Å². The Kier molecular flexibility index (Phi) is 7.69. The van der Waals surface area contributed by atoms with Crippen LogP contribution in [0.5, 0.6) is 0 Å². The van der Waals surface area contributed by atoms with E-state index in [1.807, 2.05) is 20.8 Å². The lowest BCUT2D eigenvalue weighted by Gasteiger charge is -2.10. The molecule has 0 aromatic heterocycles. The summed E-state index contributed by atoms with van der Waals surface area (Å²) in [5.41, 5.74) is 0. The van der Waals surface area contributed by atoms with Crippen molar-refractivity contribution in [2.45, 2.75) is 52.6 Å². The number of hydrogen-bond acceptors (Lipinski definition) is 3. The number of rotatable bonds is 7. The summed E-state index contributed by atoms with van der Waals surface area (Å²) in [5, 5.41) is 0. The molecule has 0 aliphatic rings. The van der Waals surface area contributed by atoms with Crippen LogP contribution in [0.2, 0.25) is 0 Å². The summed E-state index contributed by atoms with van der Waals surface area (Å²) in [6.45, 7) is 6.13. The van der Waals surface area contributed by atoms with Gasteiger partial charge in [0, 0.05) is 6.42 Å². The molecule has 78 valence electrons. The van der Waals surface area contributed by atoms with E-state index in [0.29, 0.717) is 6.42 Å². The van der Waals surface area contributed by atoms with Crippen LogP contribution in [0.25, 0.3) is 0 Å². The molecule has 3 heteroatoms. The number of carbonyl (C=O) groups is 1. The van der Waals surface area contributed by atoms with Gasteiger partial charge in [0.2, 0.25) is 0 Å². The smallest absolute Gasteiger partial charge is 0.307 e. The van der Waals surface area contributed by atoms with Gasteiger partial charge in [-0.1, -0.05) is 20.3 Å². The Labute approximate surface area is 80.4 Å². The van der Waals surface area contributed by atoms with Crippen molar-refractivity contribution in [1.29, 1.82) is 0 Å². The van der Waals surface area contributed by atoms with Crippen LogP contribution in [0.15, 0.2) is 0 Å². The van der Waals surface area contributed by atoms with Gasteiger partial charge in [0.25, 0.3) is 0 Å². The molecule has 0 saturated carbocycles. The Hall–Kier alpha value is -0.570. The Morgan fingerprint density at radius 1 is 1.38 bits per heavy atom. The molecule has 0 saturated heterocycles. The van der Waals surface area contributed by atoms with E-state index in [2.05, 4.69) is 0 Å². The maximum Gasteiger partial charge on any atom is 0.307 e. The summed E-state index contributed by atoms with van der Waals surface area (Å²) < 4.78 is 10.1. The normalized spacial score (nSPS) is 12.5. The molecule has 0 aromatic carbocycles. The van der Waals surface area contributed by atoms with Gasteiger partial charge in [0.05, 0.1) is 6.10 Å². The fourth-order valence-corrected chi connectivity index (χ4v) is 0.727. The second-order valence-electron chi connectivity index (χ2n) is 3.12. The van der Waals surface area contributed by atoms with Crippen LogP contribution in [0.1, 0.15) is 46.5 Å². The standard InChI is InChI=1S/C10H20O3/c1-4-6-7-10(11)13-8-12-9(3)5-2/h9H,4-8H2,1-3H3. The average Bonchev–Trinajstić information content (AvgIpc) is 2.14. The average molecular weight is 188 g/mol. The summed E-state index contributed by atoms with van der Waals surface area (Å²) in [6, 6.07) is 0. The van der Waals surface area contributed by atoms with Gasteiger partial charge in [-0.2, -0.15) is 0 Å². The van der Waals surface area contributed by atoms with Crippen molar-refractivity contribution in [3.63, 3.8) is 0 Å². The van der Waals surface area contributed by atoms with E-state index in [0.717, 1.165) is 19.3 Å². The van der Waals surface area contributed by atoms with Crippen LogP contribution in [0.3, 0.4) is 0 Å². The molecule has 0 N–H and O–H groups in total. The third-order valence-corrected chi connectivity index (χ3v) is 1.88. The van der Waals surface area contributed by atoms with Gasteiger partial charge in [0.1, 0.15) is 0 Å². The van der Waals surface area contributed by atoms with Crippen LogP contribution < -0.4 is 0 Å². The Bertz CT molecular complexity index is 134. The molecule has 0 heterocycles. The minimum absolute atomic E-state index is 0.0948. The Morgan fingerprint density at radius 2 is 2.08 bits per heavy atom. The minimum Gasteiger partial charge on any atom is -0.438 e. The first-order valence-corrected chi connectivity index (χ1v) is 4.97. The highest BCUT2D eigenvalue weighted by atomic mass is 16.7. The minimum atomic E-state index is -0.162. The zero-order valence-electron chi connectivity index (χ0n) is 8.84. The zero-order valence-corrected chi connectivity index (χ0v) is 8.84. The highest BCUT2D eigenvalue weighted by Crippen LogP contribution is 1.99. The van der Waals surface area contributed by atoms with Crippen LogP contribution in [-0.2, 0) is 14.3 Å². The van der Waals surface area contributed by atoms with Crippen LogP contribution in [0, 0.1) is 0 Å². The van der Waals surface area contributed by atoms with Crippen molar-refractivity contribution >= 4 is 5.97 Å². The van der Waals surface area contributed by atoms with E-state index < -0.39 is 0 Å². The first-order chi connectivity index (χ1) is 6.20. The maximum atomic E-state index is 11.0. The Morgan fingerprint density at radius 3 is 2.62 bits per heavy atom. The number of ether oxygens (including phenoxy) is 2. The van der Waals surface area contributed by atoms with Crippen molar-refractivity contribution in [2.24, 2.45) is 0 Å². The quantitative estimate of drug-likeness (QED) is 0.455. The molecule has 0 spiro atoms. The molecule has 0 bridgehead atoms. The first kappa shape index (κ1) is 12.4. The molecular weight excluding hydrogens is 168 g/mol. The lowest BCUT2D eigenvalue weighted by atomic mass is 10.3. The second kappa shape index (κ2) is 8.05. The van der Waals surface area contributed by atoms with Gasteiger partial charge in [-0.25, -0.2) is 0 Å². The van der Waals surface area contributed by atoms with E-state index in [4.69, 9.17) is 9.47 Å². The number of unbranched alkanes of at least 4 members (excludes halogenated alkanes) is 1. The van der Waals surface area contributed by atoms with Gasteiger partial charge >= 0.3 is 5.97 Å². The van der Waals surface area contributed by atoms with Gasteiger partial charge in [-0.15, -0.1) is 0 Å². The molecule has 0 aliphatic heterocycles. The van der Waals surface area contributed by atoms with Crippen molar-refractivity contribution in [2.75, 3.05) is 6.79 Å². The van der Waals surface area contributed by atoms with E-state index in [1.165, 1.54) is 0 Å². The summed E-state index contributed by atoms with van der Waals surface area (Å²) in [7, 11) is 0. The third-order valence-electron chi connectivity index (χ3n) is 1.88.